The molecule has 1 unspecified atom stereocenters. The lowest BCUT2D eigenvalue weighted by Gasteiger charge is -2.59. The summed E-state index contributed by atoms with van der Waals surface area (Å²) in [5, 5.41) is 22.1. The molecule has 3 nitrogen and oxygen atoms in total. The predicted molar refractivity (Wildman–Crippen MR) is 88.8 cm³/mol. The van der Waals surface area contributed by atoms with Crippen LogP contribution in [0.25, 0.3) is 0 Å². The van der Waals surface area contributed by atoms with Crippen molar-refractivity contribution in [1.29, 1.82) is 0 Å². The average Bonchev–Trinajstić information content (AvgIpc) is 2.51. The summed E-state index contributed by atoms with van der Waals surface area (Å²) in [6.07, 6.45) is 7.70. The van der Waals surface area contributed by atoms with Gasteiger partial charge in [0.25, 0.3) is 0 Å². The third-order valence-electron chi connectivity index (χ3n) is 7.16. The van der Waals surface area contributed by atoms with E-state index >= 15 is 0 Å². The molecule has 4 aliphatic carbocycles. The van der Waals surface area contributed by atoms with Crippen LogP contribution in [-0.4, -0.2) is 28.2 Å². The van der Waals surface area contributed by atoms with Gasteiger partial charge >= 0.3 is 0 Å². The van der Waals surface area contributed by atoms with Crippen molar-refractivity contribution < 1.29 is 15.0 Å². The summed E-state index contributed by atoms with van der Waals surface area (Å²) in [4.78, 5) is 11.7. The summed E-state index contributed by atoms with van der Waals surface area (Å²) in [7, 11) is 0. The Morgan fingerprint density at radius 1 is 1.26 bits per heavy atom. The van der Waals surface area contributed by atoms with Gasteiger partial charge in [-0.05, 0) is 61.9 Å². The Balaban J connectivity index is 1.70. The number of carbonyl (C=O) groups excluding carboxylic acids is 1. The smallest absolute Gasteiger partial charge is 0.155 e. The third kappa shape index (κ3) is 2.27. The summed E-state index contributed by atoms with van der Waals surface area (Å²) in [5.41, 5.74) is 0.924. The van der Waals surface area contributed by atoms with Gasteiger partial charge in [-0.3, -0.25) is 4.79 Å². The maximum atomic E-state index is 11.7. The summed E-state index contributed by atoms with van der Waals surface area (Å²) in [6.45, 7) is 2.09. The van der Waals surface area contributed by atoms with Gasteiger partial charge < -0.3 is 10.2 Å². The van der Waals surface area contributed by atoms with Crippen molar-refractivity contribution in [3.63, 3.8) is 0 Å². The quantitative estimate of drug-likeness (QED) is 0.714. The van der Waals surface area contributed by atoms with Crippen molar-refractivity contribution >= 4 is 17.4 Å². The highest BCUT2D eigenvalue weighted by atomic mass is 35.5. The van der Waals surface area contributed by atoms with Crippen LogP contribution in [0, 0.1) is 29.1 Å². The maximum Gasteiger partial charge on any atom is 0.155 e. The van der Waals surface area contributed by atoms with E-state index in [0.717, 1.165) is 25.7 Å². The standard InChI is InChI=1S/C19H25ClO3/c1-19-9-16(22)17-12-5-3-11(21)8-10(12)2-4-13(17)14(19)6-7-15(20)18(19)23/h7-8,12-14,16-18,22-23H,2-6,9H2,1H3/t12-,13-,14-,16-,17+,18?,19-/m0/s1. The molecule has 0 aromatic carbocycles. The Kier molecular flexibility index (Phi) is 3.75. The van der Waals surface area contributed by atoms with E-state index < -0.39 is 12.2 Å². The minimum absolute atomic E-state index is 0.235. The Hall–Kier alpha value is -0.640. The zero-order chi connectivity index (χ0) is 16.4. The Morgan fingerprint density at radius 3 is 2.83 bits per heavy atom. The molecule has 4 aliphatic rings. The summed E-state index contributed by atoms with van der Waals surface area (Å²) in [5.74, 6) is 1.61. The van der Waals surface area contributed by atoms with Crippen molar-refractivity contribution in [3.05, 3.63) is 22.8 Å². The second-order valence-electron chi connectivity index (χ2n) is 8.22. The molecule has 0 aromatic heterocycles. The van der Waals surface area contributed by atoms with Gasteiger partial charge in [0.1, 0.15) is 0 Å². The van der Waals surface area contributed by atoms with Crippen LogP contribution in [0.5, 0.6) is 0 Å². The van der Waals surface area contributed by atoms with Crippen LogP contribution in [-0.2, 0) is 4.79 Å². The monoisotopic (exact) mass is 336 g/mol. The van der Waals surface area contributed by atoms with Gasteiger partial charge in [0.2, 0.25) is 0 Å². The van der Waals surface area contributed by atoms with Crippen LogP contribution < -0.4 is 0 Å². The molecular formula is C19H25ClO3. The van der Waals surface area contributed by atoms with Gasteiger partial charge in [-0.1, -0.05) is 30.2 Å². The number of ketones is 1. The Morgan fingerprint density at radius 2 is 2.04 bits per heavy atom. The molecule has 0 amide bonds. The van der Waals surface area contributed by atoms with E-state index in [-0.39, 0.29) is 17.1 Å². The molecule has 0 saturated heterocycles. The molecule has 0 aliphatic heterocycles. The van der Waals surface area contributed by atoms with Crippen molar-refractivity contribution in [2.75, 3.05) is 0 Å². The highest BCUT2D eigenvalue weighted by Gasteiger charge is 2.57. The van der Waals surface area contributed by atoms with Gasteiger partial charge in [-0.15, -0.1) is 0 Å². The van der Waals surface area contributed by atoms with E-state index in [2.05, 4.69) is 6.92 Å². The van der Waals surface area contributed by atoms with Gasteiger partial charge in [-0.25, -0.2) is 0 Å². The molecule has 4 heteroatoms. The fourth-order valence-corrected chi connectivity index (χ4v) is 6.40. The lowest BCUT2D eigenvalue weighted by Crippen LogP contribution is -2.57. The fraction of sp³-hybridized carbons (Fsp3) is 0.737. The van der Waals surface area contributed by atoms with E-state index in [1.54, 1.807) is 0 Å². The molecule has 0 bridgehead atoms. The summed E-state index contributed by atoms with van der Waals surface area (Å²) in [6, 6.07) is 0. The van der Waals surface area contributed by atoms with Crippen molar-refractivity contribution in [2.45, 2.75) is 57.7 Å². The minimum Gasteiger partial charge on any atom is -0.393 e. The van der Waals surface area contributed by atoms with Crippen LogP contribution in [0.1, 0.15) is 45.4 Å². The first kappa shape index (κ1) is 15.9. The van der Waals surface area contributed by atoms with Crippen molar-refractivity contribution in [3.8, 4) is 0 Å². The number of aliphatic hydroxyl groups is 2. The van der Waals surface area contributed by atoms with Gasteiger partial charge in [-0.2, -0.15) is 0 Å². The molecule has 0 spiro atoms. The minimum atomic E-state index is -0.664. The summed E-state index contributed by atoms with van der Waals surface area (Å²) < 4.78 is 0. The highest BCUT2D eigenvalue weighted by Crippen LogP contribution is 2.60. The maximum absolute atomic E-state index is 11.7. The second kappa shape index (κ2) is 5.44. The molecule has 2 saturated carbocycles. The van der Waals surface area contributed by atoms with E-state index in [1.807, 2.05) is 12.2 Å². The first-order chi connectivity index (χ1) is 10.9. The number of allylic oxidation sites excluding steroid dienone is 3. The number of aliphatic hydroxyl groups excluding tert-OH is 2. The van der Waals surface area contributed by atoms with Gasteiger partial charge in [0.05, 0.1) is 12.2 Å². The highest BCUT2D eigenvalue weighted by molar-refractivity contribution is 6.30. The lowest BCUT2D eigenvalue weighted by atomic mass is 9.48. The molecule has 2 fully saturated rings. The van der Waals surface area contributed by atoms with Crippen LogP contribution in [0.2, 0.25) is 0 Å². The average molecular weight is 337 g/mol. The first-order valence-corrected chi connectivity index (χ1v) is 9.24. The molecule has 0 heterocycles. The van der Waals surface area contributed by atoms with Crippen LogP contribution in [0.15, 0.2) is 22.8 Å². The zero-order valence-corrected chi connectivity index (χ0v) is 14.3. The van der Waals surface area contributed by atoms with Gasteiger partial charge in [0, 0.05) is 16.9 Å². The first-order valence-electron chi connectivity index (χ1n) is 8.87. The molecule has 0 radical (unpaired) electrons. The number of fused-ring (bicyclic) bond motifs is 5. The number of carbonyl (C=O) groups is 1. The molecule has 7 atom stereocenters. The van der Waals surface area contributed by atoms with Crippen LogP contribution >= 0.6 is 11.6 Å². The molecule has 23 heavy (non-hydrogen) atoms. The number of hydrogen-bond donors (Lipinski definition) is 2. The fourth-order valence-electron chi connectivity index (χ4n) is 6.07. The Bertz CT molecular complexity index is 595. The molecule has 4 rings (SSSR count). The van der Waals surface area contributed by atoms with E-state index in [9.17, 15) is 15.0 Å². The van der Waals surface area contributed by atoms with Crippen LogP contribution in [0.3, 0.4) is 0 Å². The Labute approximate surface area is 142 Å². The largest absolute Gasteiger partial charge is 0.393 e. The molecule has 2 N–H and O–H groups in total. The zero-order valence-electron chi connectivity index (χ0n) is 13.5. The lowest BCUT2D eigenvalue weighted by molar-refractivity contribution is -0.140. The molecular weight excluding hydrogens is 312 g/mol. The van der Waals surface area contributed by atoms with Crippen molar-refractivity contribution in [2.24, 2.45) is 29.1 Å². The van der Waals surface area contributed by atoms with Crippen molar-refractivity contribution in [1.82, 2.24) is 0 Å². The predicted octanol–water partition coefficient (Wildman–Crippen LogP) is 3.19. The van der Waals surface area contributed by atoms with E-state index in [1.165, 1.54) is 5.57 Å². The SMILES string of the molecule is C[C@]12C[C@H](O)[C@H]3[C@@H](CCC4=CC(=O)CC[C@@H]43)[C@@H]1CC=C(Cl)C2O. The number of hydrogen-bond acceptors (Lipinski definition) is 3. The van der Waals surface area contributed by atoms with E-state index in [4.69, 9.17) is 11.6 Å². The van der Waals surface area contributed by atoms with Gasteiger partial charge in [0.15, 0.2) is 5.78 Å². The molecule has 126 valence electrons. The number of halogens is 1. The second-order valence-corrected chi connectivity index (χ2v) is 8.66. The van der Waals surface area contributed by atoms with E-state index in [0.29, 0.717) is 35.6 Å². The summed E-state index contributed by atoms with van der Waals surface area (Å²) >= 11 is 6.21. The topological polar surface area (TPSA) is 57.5 Å². The normalized spacial score (nSPS) is 49.5. The molecule has 0 aromatic rings. The number of rotatable bonds is 0. The van der Waals surface area contributed by atoms with Crippen LogP contribution in [0.4, 0.5) is 0 Å². The third-order valence-corrected chi connectivity index (χ3v) is 7.52.